The number of nitrogens with zero attached hydrogens (tertiary/aromatic N) is 3. The number of aromatic nitrogens is 1. The van der Waals surface area contributed by atoms with Gasteiger partial charge >= 0.3 is 5.97 Å². The van der Waals surface area contributed by atoms with Crippen LogP contribution in [0.4, 0.5) is 11.5 Å². The second kappa shape index (κ2) is 5.67. The molecule has 1 aromatic heterocycles. The first kappa shape index (κ1) is 15.2. The highest BCUT2D eigenvalue weighted by Gasteiger charge is 2.41. The molecule has 0 amide bonds. The molecule has 1 fully saturated rings. The molecule has 21 heavy (non-hydrogen) atoms. The predicted octanol–water partition coefficient (Wildman–Crippen LogP) is 2.38. The molecule has 0 spiro atoms. The Bertz CT molecular complexity index is 575. The van der Waals surface area contributed by atoms with E-state index in [0.29, 0.717) is 30.9 Å². The molecule has 7 heteroatoms. The summed E-state index contributed by atoms with van der Waals surface area (Å²) in [6, 6.07) is 3.03. The van der Waals surface area contributed by atoms with Gasteiger partial charge in [0.25, 0.3) is 5.69 Å². The molecule has 7 nitrogen and oxygen atoms in total. The van der Waals surface area contributed by atoms with Gasteiger partial charge < -0.3 is 10.0 Å². The second-order valence-corrected chi connectivity index (χ2v) is 5.50. The highest BCUT2D eigenvalue weighted by atomic mass is 16.6. The Kier molecular flexibility index (Phi) is 4.11. The van der Waals surface area contributed by atoms with Gasteiger partial charge in [-0.05, 0) is 32.3 Å². The topological polar surface area (TPSA) is 96.6 Å². The van der Waals surface area contributed by atoms with E-state index in [4.69, 9.17) is 0 Å². The summed E-state index contributed by atoms with van der Waals surface area (Å²) < 4.78 is 0. The summed E-state index contributed by atoms with van der Waals surface area (Å²) in [6.45, 7) is 4.59. The molecular formula is C14H19N3O4. The van der Waals surface area contributed by atoms with Crippen LogP contribution in [0, 0.1) is 22.5 Å². The van der Waals surface area contributed by atoms with Gasteiger partial charge in [-0.1, -0.05) is 6.92 Å². The van der Waals surface area contributed by atoms with Gasteiger partial charge in [-0.15, -0.1) is 0 Å². The highest BCUT2D eigenvalue weighted by molar-refractivity contribution is 5.76. The SMILES string of the molecule is CCC1(C(=O)O)CCCN(c2ccc([N+](=O)[O-])c(C)n2)C1. The number of hydrogen-bond donors (Lipinski definition) is 1. The minimum Gasteiger partial charge on any atom is -0.481 e. The van der Waals surface area contributed by atoms with Crippen LogP contribution in [-0.4, -0.2) is 34.1 Å². The number of anilines is 1. The molecule has 1 aliphatic heterocycles. The van der Waals surface area contributed by atoms with Crippen LogP contribution in [0.3, 0.4) is 0 Å². The number of aliphatic carboxylic acids is 1. The lowest BCUT2D eigenvalue weighted by molar-refractivity contribution is -0.385. The Morgan fingerprint density at radius 1 is 1.57 bits per heavy atom. The van der Waals surface area contributed by atoms with Crippen molar-refractivity contribution in [1.29, 1.82) is 0 Å². The Hall–Kier alpha value is -2.18. The molecule has 2 rings (SSSR count). The fraction of sp³-hybridized carbons (Fsp3) is 0.571. The molecule has 114 valence electrons. The van der Waals surface area contributed by atoms with E-state index < -0.39 is 16.3 Å². The summed E-state index contributed by atoms with van der Waals surface area (Å²) >= 11 is 0. The number of carboxylic acids is 1. The molecule has 0 radical (unpaired) electrons. The standard InChI is InChI=1S/C14H19N3O4/c1-3-14(13(18)19)7-4-8-16(9-14)12-6-5-11(17(20)21)10(2)15-12/h5-6H,3-4,7-9H2,1-2H3,(H,18,19). The average molecular weight is 293 g/mol. The van der Waals surface area contributed by atoms with Crippen molar-refractivity contribution >= 4 is 17.5 Å². The maximum absolute atomic E-state index is 11.6. The quantitative estimate of drug-likeness (QED) is 0.676. The van der Waals surface area contributed by atoms with Crippen molar-refractivity contribution in [3.05, 3.63) is 27.9 Å². The van der Waals surface area contributed by atoms with Gasteiger partial charge in [0.15, 0.2) is 0 Å². The molecule has 1 aliphatic rings. The van der Waals surface area contributed by atoms with Gasteiger partial charge in [0.05, 0.1) is 10.3 Å². The number of carbonyl (C=O) groups is 1. The minimum atomic E-state index is -0.784. The first-order valence-corrected chi connectivity index (χ1v) is 7.00. The molecule has 0 aromatic carbocycles. The smallest absolute Gasteiger partial charge is 0.311 e. The van der Waals surface area contributed by atoms with Gasteiger partial charge in [0.1, 0.15) is 11.5 Å². The maximum Gasteiger partial charge on any atom is 0.311 e. The average Bonchev–Trinajstić information content (AvgIpc) is 2.46. The Morgan fingerprint density at radius 2 is 2.29 bits per heavy atom. The molecule has 1 unspecified atom stereocenters. The molecule has 1 saturated heterocycles. The molecule has 0 aliphatic carbocycles. The zero-order valence-corrected chi connectivity index (χ0v) is 12.2. The van der Waals surface area contributed by atoms with Crippen molar-refractivity contribution < 1.29 is 14.8 Å². The normalized spacial score (nSPS) is 22.1. The Labute approximate surface area is 122 Å². The second-order valence-electron chi connectivity index (χ2n) is 5.50. The molecule has 2 heterocycles. The molecule has 1 atom stereocenters. The van der Waals surface area contributed by atoms with Gasteiger partial charge in [-0.25, -0.2) is 4.98 Å². The molecular weight excluding hydrogens is 274 g/mol. The van der Waals surface area contributed by atoms with Crippen LogP contribution in [-0.2, 0) is 4.79 Å². The van der Waals surface area contributed by atoms with E-state index in [9.17, 15) is 20.0 Å². The third kappa shape index (κ3) is 2.81. The van der Waals surface area contributed by atoms with Crippen LogP contribution < -0.4 is 4.90 Å². The summed E-state index contributed by atoms with van der Waals surface area (Å²) in [5.41, 5.74) is -0.424. The van der Waals surface area contributed by atoms with Crippen molar-refractivity contribution in [1.82, 2.24) is 4.98 Å². The van der Waals surface area contributed by atoms with Crippen LogP contribution in [0.15, 0.2) is 12.1 Å². The van der Waals surface area contributed by atoms with E-state index in [1.54, 1.807) is 13.0 Å². The zero-order valence-electron chi connectivity index (χ0n) is 12.2. The summed E-state index contributed by atoms with van der Waals surface area (Å²) in [6.07, 6.45) is 1.99. The predicted molar refractivity (Wildman–Crippen MR) is 77.4 cm³/mol. The first-order chi connectivity index (χ1) is 9.89. The highest BCUT2D eigenvalue weighted by Crippen LogP contribution is 2.35. The fourth-order valence-corrected chi connectivity index (χ4v) is 2.85. The lowest BCUT2D eigenvalue weighted by Gasteiger charge is -2.40. The van der Waals surface area contributed by atoms with Crippen LogP contribution >= 0.6 is 0 Å². The van der Waals surface area contributed by atoms with E-state index in [2.05, 4.69) is 4.98 Å². The van der Waals surface area contributed by atoms with E-state index in [1.807, 2.05) is 11.8 Å². The number of carboxylic acid groups (broad SMARTS) is 1. The largest absolute Gasteiger partial charge is 0.481 e. The van der Waals surface area contributed by atoms with Crippen molar-refractivity contribution in [3.8, 4) is 0 Å². The lowest BCUT2D eigenvalue weighted by atomic mass is 9.77. The summed E-state index contributed by atoms with van der Waals surface area (Å²) in [7, 11) is 0. The van der Waals surface area contributed by atoms with Gasteiger partial charge in [0, 0.05) is 19.2 Å². The van der Waals surface area contributed by atoms with Crippen molar-refractivity contribution in [3.63, 3.8) is 0 Å². The molecule has 0 bridgehead atoms. The van der Waals surface area contributed by atoms with Gasteiger partial charge in [-0.2, -0.15) is 0 Å². The molecule has 0 saturated carbocycles. The first-order valence-electron chi connectivity index (χ1n) is 7.00. The Morgan fingerprint density at radius 3 is 2.81 bits per heavy atom. The van der Waals surface area contributed by atoms with E-state index >= 15 is 0 Å². The number of rotatable bonds is 4. The summed E-state index contributed by atoms with van der Waals surface area (Å²) in [5, 5.41) is 20.3. The monoisotopic (exact) mass is 293 g/mol. The third-order valence-corrected chi connectivity index (χ3v) is 4.27. The number of nitro groups is 1. The summed E-state index contributed by atoms with van der Waals surface area (Å²) in [5.74, 6) is -0.176. The van der Waals surface area contributed by atoms with E-state index in [-0.39, 0.29) is 5.69 Å². The van der Waals surface area contributed by atoms with E-state index in [0.717, 1.165) is 13.0 Å². The summed E-state index contributed by atoms with van der Waals surface area (Å²) in [4.78, 5) is 28.1. The van der Waals surface area contributed by atoms with Gasteiger partial charge in [-0.3, -0.25) is 14.9 Å². The fourth-order valence-electron chi connectivity index (χ4n) is 2.85. The number of piperidine rings is 1. The van der Waals surface area contributed by atoms with Crippen LogP contribution in [0.1, 0.15) is 31.9 Å². The van der Waals surface area contributed by atoms with Crippen LogP contribution in [0.5, 0.6) is 0 Å². The number of pyridine rings is 1. The number of aryl methyl sites for hydroxylation is 1. The zero-order chi connectivity index (χ0) is 15.6. The van der Waals surface area contributed by atoms with Crippen LogP contribution in [0.2, 0.25) is 0 Å². The third-order valence-electron chi connectivity index (χ3n) is 4.27. The minimum absolute atomic E-state index is 0.0178. The van der Waals surface area contributed by atoms with Crippen molar-refractivity contribution in [2.75, 3.05) is 18.0 Å². The molecule has 1 aromatic rings. The van der Waals surface area contributed by atoms with E-state index in [1.165, 1.54) is 6.07 Å². The number of hydrogen-bond acceptors (Lipinski definition) is 5. The van der Waals surface area contributed by atoms with Crippen molar-refractivity contribution in [2.24, 2.45) is 5.41 Å². The van der Waals surface area contributed by atoms with Gasteiger partial charge in [0.2, 0.25) is 0 Å². The Balaban J connectivity index is 2.28. The maximum atomic E-state index is 11.6. The van der Waals surface area contributed by atoms with Crippen LogP contribution in [0.25, 0.3) is 0 Å². The van der Waals surface area contributed by atoms with Crippen molar-refractivity contribution in [2.45, 2.75) is 33.1 Å². The molecule has 1 N–H and O–H groups in total. The lowest BCUT2D eigenvalue weighted by Crippen LogP contribution is -2.48.